The number of nitrogens with one attached hydrogen (secondary N) is 1. The van der Waals surface area contributed by atoms with Crippen LogP contribution < -0.4 is 5.32 Å². The third kappa shape index (κ3) is 5.13. The number of benzene rings is 1. The van der Waals surface area contributed by atoms with E-state index in [-0.39, 0.29) is 23.2 Å². The van der Waals surface area contributed by atoms with Gasteiger partial charge in [0.1, 0.15) is 0 Å². The average Bonchev–Trinajstić information content (AvgIpc) is 2.70. The number of rotatable bonds is 7. The average molecular weight is 430 g/mol. The van der Waals surface area contributed by atoms with E-state index in [2.05, 4.69) is 5.32 Å². The molecule has 0 atom stereocenters. The number of piperazine rings is 1. The van der Waals surface area contributed by atoms with Crippen LogP contribution in [0.2, 0.25) is 0 Å². The van der Waals surface area contributed by atoms with Crippen LogP contribution >= 0.6 is 0 Å². The van der Waals surface area contributed by atoms with Crippen LogP contribution in [0, 0.1) is 6.92 Å². The Hall–Kier alpha value is -1.00. The van der Waals surface area contributed by atoms with E-state index in [0.717, 1.165) is 37.7 Å². The van der Waals surface area contributed by atoms with Crippen LogP contribution in [0.15, 0.2) is 29.2 Å². The quantitative estimate of drug-likeness (QED) is 0.711. The minimum atomic E-state index is -3.73. The highest BCUT2D eigenvalue weighted by Crippen LogP contribution is 2.28. The fourth-order valence-corrected chi connectivity index (χ4v) is 7.20. The zero-order valence-corrected chi connectivity index (χ0v) is 18.1. The van der Waals surface area contributed by atoms with Crippen LogP contribution in [-0.2, 0) is 20.0 Å². The van der Waals surface area contributed by atoms with E-state index in [1.165, 1.54) is 8.61 Å². The third-order valence-electron chi connectivity index (χ3n) is 5.65. The van der Waals surface area contributed by atoms with Crippen molar-refractivity contribution in [2.24, 2.45) is 0 Å². The smallest absolute Gasteiger partial charge is 0.243 e. The number of sulfonamides is 2. The molecule has 28 heavy (non-hydrogen) atoms. The minimum Gasteiger partial charge on any atom is -0.314 e. The van der Waals surface area contributed by atoms with Crippen molar-refractivity contribution in [3.05, 3.63) is 29.8 Å². The number of hydrogen-bond acceptors (Lipinski definition) is 5. The van der Waals surface area contributed by atoms with Crippen molar-refractivity contribution in [1.29, 1.82) is 0 Å². The lowest BCUT2D eigenvalue weighted by Gasteiger charge is -2.34. The van der Waals surface area contributed by atoms with Crippen LogP contribution in [0.5, 0.6) is 0 Å². The minimum absolute atomic E-state index is 0.00708. The molecule has 0 aromatic heterocycles. The molecule has 1 aliphatic carbocycles. The van der Waals surface area contributed by atoms with Crippen molar-refractivity contribution in [2.45, 2.75) is 50.0 Å². The lowest BCUT2D eigenvalue weighted by molar-refractivity contribution is 0.260. The summed E-state index contributed by atoms with van der Waals surface area (Å²) >= 11 is 0. The largest absolute Gasteiger partial charge is 0.314 e. The summed E-state index contributed by atoms with van der Waals surface area (Å²) in [6.45, 7) is 4.07. The maximum absolute atomic E-state index is 13.3. The van der Waals surface area contributed by atoms with Crippen molar-refractivity contribution < 1.29 is 16.8 Å². The summed E-state index contributed by atoms with van der Waals surface area (Å²) in [5.74, 6) is -0.172. The van der Waals surface area contributed by atoms with E-state index in [9.17, 15) is 16.8 Å². The molecule has 1 N–H and O–H groups in total. The van der Waals surface area contributed by atoms with Gasteiger partial charge in [-0.25, -0.2) is 16.8 Å². The summed E-state index contributed by atoms with van der Waals surface area (Å²) in [4.78, 5) is 0.239. The maximum Gasteiger partial charge on any atom is 0.243 e. The van der Waals surface area contributed by atoms with E-state index in [1.54, 1.807) is 24.3 Å². The SMILES string of the molecule is Cc1ccc(S(=O)(=O)N(CCS(=O)(=O)N2CCNCC2)C2CCCCC2)cc1. The summed E-state index contributed by atoms with van der Waals surface area (Å²) in [6, 6.07) is 6.67. The second kappa shape index (κ2) is 9.21. The predicted molar refractivity (Wildman–Crippen MR) is 110 cm³/mol. The molecule has 0 bridgehead atoms. The number of nitrogens with zero attached hydrogens (tertiary/aromatic N) is 2. The van der Waals surface area contributed by atoms with E-state index >= 15 is 0 Å². The molecule has 7 nitrogen and oxygen atoms in total. The van der Waals surface area contributed by atoms with E-state index in [0.29, 0.717) is 26.2 Å². The monoisotopic (exact) mass is 429 g/mol. The normalized spacial score (nSPS) is 20.5. The highest BCUT2D eigenvalue weighted by molar-refractivity contribution is 7.90. The van der Waals surface area contributed by atoms with Gasteiger partial charge in [0.05, 0.1) is 10.6 Å². The fourth-order valence-electron chi connectivity index (χ4n) is 3.97. The first kappa shape index (κ1) is 21.7. The zero-order chi connectivity index (χ0) is 20.2. The van der Waals surface area contributed by atoms with Gasteiger partial charge in [0.25, 0.3) is 0 Å². The number of aryl methyl sites for hydroxylation is 1. The molecule has 1 aliphatic heterocycles. The molecule has 1 aromatic rings. The molecule has 158 valence electrons. The number of hydrogen-bond donors (Lipinski definition) is 1. The topological polar surface area (TPSA) is 86.8 Å². The molecule has 1 saturated carbocycles. The Bertz CT molecular complexity index is 842. The first-order chi connectivity index (χ1) is 13.3. The molecule has 0 radical (unpaired) electrons. The molecule has 0 unspecified atom stereocenters. The molecule has 9 heteroatoms. The van der Waals surface area contributed by atoms with Gasteiger partial charge in [0.2, 0.25) is 20.0 Å². The molecular weight excluding hydrogens is 398 g/mol. The summed E-state index contributed by atoms with van der Waals surface area (Å²) in [5, 5.41) is 3.14. The van der Waals surface area contributed by atoms with Gasteiger partial charge in [0, 0.05) is 38.8 Å². The Morgan fingerprint density at radius 1 is 1.00 bits per heavy atom. The van der Waals surface area contributed by atoms with Gasteiger partial charge in [-0.3, -0.25) is 0 Å². The van der Waals surface area contributed by atoms with E-state index in [4.69, 9.17) is 0 Å². The first-order valence-electron chi connectivity index (χ1n) is 10.1. The van der Waals surface area contributed by atoms with Crippen LogP contribution in [0.3, 0.4) is 0 Å². The van der Waals surface area contributed by atoms with Crippen molar-refractivity contribution in [1.82, 2.24) is 13.9 Å². The van der Waals surface area contributed by atoms with Crippen molar-refractivity contribution in [2.75, 3.05) is 38.5 Å². The molecule has 1 aromatic carbocycles. The second-order valence-corrected chi connectivity index (χ2v) is 11.7. The molecule has 2 fully saturated rings. The Morgan fingerprint density at radius 2 is 1.61 bits per heavy atom. The van der Waals surface area contributed by atoms with Crippen molar-refractivity contribution >= 4 is 20.0 Å². The van der Waals surface area contributed by atoms with Crippen LogP contribution in [0.25, 0.3) is 0 Å². The Labute approximate surface area is 169 Å². The summed E-state index contributed by atoms with van der Waals surface area (Å²) in [6.07, 6.45) is 4.65. The van der Waals surface area contributed by atoms with Gasteiger partial charge >= 0.3 is 0 Å². The maximum atomic E-state index is 13.3. The van der Waals surface area contributed by atoms with Gasteiger partial charge in [-0.05, 0) is 31.9 Å². The highest BCUT2D eigenvalue weighted by Gasteiger charge is 2.34. The summed E-state index contributed by atoms with van der Waals surface area (Å²) < 4.78 is 55.1. The third-order valence-corrected chi connectivity index (χ3v) is 9.46. The standard InChI is InChI=1S/C19H31N3O4S2/c1-17-7-9-19(10-8-17)28(25,26)22(18-5-3-2-4-6-18)15-16-27(23,24)21-13-11-20-12-14-21/h7-10,18,20H,2-6,11-16H2,1H3. The Morgan fingerprint density at radius 3 is 2.21 bits per heavy atom. The fraction of sp³-hybridized carbons (Fsp3) is 0.684. The van der Waals surface area contributed by atoms with Gasteiger partial charge < -0.3 is 5.32 Å². The van der Waals surface area contributed by atoms with Gasteiger partial charge in [-0.2, -0.15) is 8.61 Å². The summed E-state index contributed by atoms with van der Waals surface area (Å²) in [5.41, 5.74) is 0.990. The first-order valence-corrected chi connectivity index (χ1v) is 13.1. The highest BCUT2D eigenvalue weighted by atomic mass is 32.2. The molecule has 0 amide bonds. The molecule has 1 heterocycles. The lowest BCUT2D eigenvalue weighted by Crippen LogP contribution is -2.49. The van der Waals surface area contributed by atoms with E-state index in [1.807, 2.05) is 6.92 Å². The van der Waals surface area contributed by atoms with Crippen LogP contribution in [0.4, 0.5) is 0 Å². The van der Waals surface area contributed by atoms with Gasteiger partial charge in [-0.1, -0.05) is 37.0 Å². The molecule has 1 saturated heterocycles. The lowest BCUT2D eigenvalue weighted by atomic mass is 9.95. The van der Waals surface area contributed by atoms with Crippen molar-refractivity contribution in [3.63, 3.8) is 0 Å². The summed E-state index contributed by atoms with van der Waals surface area (Å²) in [7, 11) is -7.21. The van der Waals surface area contributed by atoms with Gasteiger partial charge in [0.15, 0.2) is 0 Å². The Balaban J connectivity index is 1.81. The molecule has 3 rings (SSSR count). The second-order valence-electron chi connectivity index (χ2n) is 7.69. The van der Waals surface area contributed by atoms with Crippen molar-refractivity contribution in [3.8, 4) is 0 Å². The molecular formula is C19H31N3O4S2. The van der Waals surface area contributed by atoms with E-state index < -0.39 is 20.0 Å². The van der Waals surface area contributed by atoms with Crippen LogP contribution in [-0.4, -0.2) is 70.0 Å². The molecule has 2 aliphatic rings. The zero-order valence-electron chi connectivity index (χ0n) is 16.5. The molecule has 0 spiro atoms. The van der Waals surface area contributed by atoms with Crippen LogP contribution in [0.1, 0.15) is 37.7 Å². The predicted octanol–water partition coefficient (Wildman–Crippen LogP) is 1.55. The van der Waals surface area contributed by atoms with Gasteiger partial charge in [-0.15, -0.1) is 0 Å². The Kier molecular flexibility index (Phi) is 7.14.